The van der Waals surface area contributed by atoms with Crippen molar-refractivity contribution in [3.05, 3.63) is 140 Å². The molecule has 29 heavy (non-hydrogen) atoms. The van der Waals surface area contributed by atoms with Crippen LogP contribution in [0.15, 0.2) is 48.5 Å². The minimum Gasteiger partial charge on any atom is -0.0762 e. The van der Waals surface area contributed by atoms with Gasteiger partial charge in [-0.05, 0) is 111 Å². The van der Waals surface area contributed by atoms with Crippen LogP contribution in [-0.4, -0.2) is 0 Å². The molecule has 2 aromatic carbocycles. The first-order valence-corrected chi connectivity index (χ1v) is 10.1. The molecule has 6 aliphatic carbocycles. The summed E-state index contributed by atoms with van der Waals surface area (Å²) in [5, 5.41) is 0. The zero-order valence-corrected chi connectivity index (χ0v) is 17.7. The Morgan fingerprint density at radius 1 is 0.517 bits per heavy atom. The summed E-state index contributed by atoms with van der Waals surface area (Å²) in [5.74, 6) is 1.28. The fraction of sp³-hybridized carbons (Fsp3) is 0.143. The number of aryl methyl sites for hydroxylation is 4. The van der Waals surface area contributed by atoms with Crippen LogP contribution < -0.4 is 0 Å². The van der Waals surface area contributed by atoms with E-state index in [-0.39, 0.29) is 17.1 Å². The van der Waals surface area contributed by atoms with Crippen molar-refractivity contribution in [2.75, 3.05) is 0 Å². The molecule has 0 nitrogen and oxygen atoms in total. The van der Waals surface area contributed by atoms with Gasteiger partial charge in [0.05, 0.1) is 0 Å². The SMILES string of the molecule is [CH]1[CH][CH][CH][CH]1.[CH]1[CH][CH][C](/C=C/c2cc3ccc2CCc2ccc(cc2)CC3)[CH]1.[Fe+2]. The van der Waals surface area contributed by atoms with Gasteiger partial charge in [0.1, 0.15) is 0 Å². The molecular weight excluding hydrogens is 392 g/mol. The summed E-state index contributed by atoms with van der Waals surface area (Å²) in [5.41, 5.74) is 7.12. The molecule has 0 heterocycles. The maximum atomic E-state index is 2.38. The molecule has 0 saturated heterocycles. The van der Waals surface area contributed by atoms with Gasteiger partial charge in [-0.2, -0.15) is 0 Å². The Morgan fingerprint density at radius 3 is 1.66 bits per heavy atom. The Morgan fingerprint density at radius 2 is 1.03 bits per heavy atom. The van der Waals surface area contributed by atoms with E-state index in [1.165, 1.54) is 33.7 Å². The van der Waals surface area contributed by atoms with Crippen LogP contribution in [0.3, 0.4) is 0 Å². The third-order valence-electron chi connectivity index (χ3n) is 5.32. The quantitative estimate of drug-likeness (QED) is 0.524. The van der Waals surface area contributed by atoms with E-state index in [1.54, 1.807) is 0 Å². The van der Waals surface area contributed by atoms with Crippen LogP contribution in [0.25, 0.3) is 6.08 Å². The van der Waals surface area contributed by atoms with Gasteiger partial charge in [0.2, 0.25) is 0 Å². The van der Waals surface area contributed by atoms with E-state index in [0.717, 1.165) is 25.7 Å². The second kappa shape index (κ2) is 11.8. The molecule has 2 aromatic rings. The topological polar surface area (TPSA) is 0 Å². The number of hydrogen-bond acceptors (Lipinski definition) is 0. The molecule has 10 radical (unpaired) electrons. The first kappa shape index (κ1) is 22.4. The third-order valence-corrected chi connectivity index (χ3v) is 5.32. The Labute approximate surface area is 188 Å². The van der Waals surface area contributed by atoms with Gasteiger partial charge in [0, 0.05) is 5.92 Å². The molecule has 0 aromatic heterocycles. The Balaban J connectivity index is 0.000000352. The summed E-state index contributed by atoms with van der Waals surface area (Å²) >= 11 is 0. The van der Waals surface area contributed by atoms with E-state index < -0.39 is 0 Å². The fourth-order valence-electron chi connectivity index (χ4n) is 3.63. The van der Waals surface area contributed by atoms with Crippen molar-refractivity contribution in [1.82, 2.24) is 0 Å². The molecule has 0 N–H and O–H groups in total. The molecule has 0 amide bonds. The van der Waals surface area contributed by atoms with Crippen LogP contribution in [0.4, 0.5) is 0 Å². The van der Waals surface area contributed by atoms with E-state index >= 15 is 0 Å². The molecule has 0 unspecified atom stereocenters. The van der Waals surface area contributed by atoms with Gasteiger partial charge >= 0.3 is 17.1 Å². The maximum Gasteiger partial charge on any atom is 2.00 e. The predicted octanol–water partition coefficient (Wildman–Crippen LogP) is 6.01. The Hall–Kier alpha value is -1.30. The standard InChI is InChI=1S/C23H21.C5H5.Fe/c1-2-4-18(3-1)12-16-23-17-21-10-9-19-5-7-20(8-6-19)11-14-22(23)15-13-21;1-2-4-5-3-1;/h1-8,12-13,15-17H,9-11,14H2;1-5H;/q;;+2/b16-12+;;. The normalized spacial score (nSPS) is 18.8. The van der Waals surface area contributed by atoms with Crippen LogP contribution >= 0.6 is 0 Å². The number of benzene rings is 2. The zero-order chi connectivity index (χ0) is 19.0. The van der Waals surface area contributed by atoms with Crippen LogP contribution in [0, 0.1) is 63.7 Å². The van der Waals surface area contributed by atoms with E-state index in [2.05, 4.69) is 80.3 Å². The minimum atomic E-state index is 0. The summed E-state index contributed by atoms with van der Waals surface area (Å²) in [7, 11) is 0. The van der Waals surface area contributed by atoms with Crippen molar-refractivity contribution >= 4 is 6.08 Å². The molecule has 144 valence electrons. The predicted molar refractivity (Wildman–Crippen MR) is 119 cm³/mol. The number of allylic oxidation sites excluding steroid dienone is 1. The second-order valence-electron chi connectivity index (χ2n) is 7.36. The molecule has 8 rings (SSSR count). The first-order chi connectivity index (χ1) is 13.9. The van der Waals surface area contributed by atoms with E-state index in [1.807, 2.05) is 32.1 Å². The first-order valence-electron chi connectivity index (χ1n) is 10.1. The molecule has 0 spiro atoms. The summed E-state index contributed by atoms with van der Waals surface area (Å²) in [6, 6.07) is 16.2. The van der Waals surface area contributed by atoms with Crippen molar-refractivity contribution in [2.45, 2.75) is 25.7 Å². The van der Waals surface area contributed by atoms with Crippen LogP contribution in [0.1, 0.15) is 27.8 Å². The van der Waals surface area contributed by atoms with E-state index in [4.69, 9.17) is 0 Å². The monoisotopic (exact) mass is 418 g/mol. The van der Waals surface area contributed by atoms with Gasteiger partial charge in [-0.3, -0.25) is 0 Å². The minimum absolute atomic E-state index is 0. The van der Waals surface area contributed by atoms with Crippen molar-refractivity contribution < 1.29 is 17.1 Å². The van der Waals surface area contributed by atoms with Crippen LogP contribution in [-0.2, 0) is 42.8 Å². The van der Waals surface area contributed by atoms with Gasteiger partial charge in [-0.15, -0.1) is 0 Å². The second-order valence-corrected chi connectivity index (χ2v) is 7.36. The van der Waals surface area contributed by atoms with E-state index in [0.29, 0.717) is 0 Å². The maximum absolute atomic E-state index is 2.38. The third kappa shape index (κ3) is 6.87. The average molecular weight is 418 g/mol. The Bertz CT molecular complexity index is 754. The summed E-state index contributed by atoms with van der Waals surface area (Å²) in [6.45, 7) is 0. The van der Waals surface area contributed by atoms with E-state index in [9.17, 15) is 0 Å². The fourth-order valence-corrected chi connectivity index (χ4v) is 3.63. The summed E-state index contributed by atoms with van der Waals surface area (Å²) < 4.78 is 0. The molecule has 6 aliphatic rings. The molecule has 1 heteroatoms. The van der Waals surface area contributed by atoms with Crippen LogP contribution in [0.2, 0.25) is 0 Å². The van der Waals surface area contributed by atoms with Gasteiger partial charge in [-0.25, -0.2) is 0 Å². The van der Waals surface area contributed by atoms with Gasteiger partial charge < -0.3 is 0 Å². The molecule has 2 fully saturated rings. The van der Waals surface area contributed by atoms with Gasteiger partial charge in [0.15, 0.2) is 0 Å². The average Bonchev–Trinajstić information content (AvgIpc) is 3.46. The zero-order valence-electron chi connectivity index (χ0n) is 16.6. The van der Waals surface area contributed by atoms with Gasteiger partial charge in [-0.1, -0.05) is 54.6 Å². The molecule has 4 bridgehead atoms. The molecule has 2 saturated carbocycles. The smallest absolute Gasteiger partial charge is 0.0762 e. The van der Waals surface area contributed by atoms with Crippen molar-refractivity contribution in [1.29, 1.82) is 0 Å². The Kier molecular flexibility index (Phi) is 9.09. The number of hydrogen-bond donors (Lipinski definition) is 0. The molecular formula is C28H26Fe+2. The van der Waals surface area contributed by atoms with Gasteiger partial charge in [0.25, 0.3) is 0 Å². The van der Waals surface area contributed by atoms with Crippen molar-refractivity contribution in [3.8, 4) is 0 Å². The van der Waals surface area contributed by atoms with Crippen molar-refractivity contribution in [3.63, 3.8) is 0 Å². The largest absolute Gasteiger partial charge is 2.00 e. The van der Waals surface area contributed by atoms with Crippen molar-refractivity contribution in [2.24, 2.45) is 0 Å². The summed E-state index contributed by atoms with van der Waals surface area (Å²) in [4.78, 5) is 0. The number of rotatable bonds is 2. The molecule has 0 atom stereocenters. The summed E-state index contributed by atoms with van der Waals surface area (Å²) in [6.07, 6.45) is 27.4. The molecule has 0 aliphatic heterocycles. The van der Waals surface area contributed by atoms with Crippen LogP contribution in [0.5, 0.6) is 0 Å².